The smallest absolute Gasteiger partial charge is 0.0302 e. The third-order valence-corrected chi connectivity index (χ3v) is 1.90. The number of nitrogens with zero attached hydrogens (tertiary/aromatic N) is 1. The van der Waals surface area contributed by atoms with Gasteiger partial charge in [0.15, 0.2) is 0 Å². The largest absolute Gasteiger partial charge is 0.264 e. The second-order valence-corrected chi connectivity index (χ2v) is 2.75. The third kappa shape index (κ3) is 7.12. The average molecular weight is 209 g/mol. The van der Waals surface area contributed by atoms with Gasteiger partial charge < -0.3 is 0 Å². The minimum absolute atomic E-state index is 1.10. The van der Waals surface area contributed by atoms with Crippen LogP contribution < -0.4 is 0 Å². The zero-order chi connectivity index (χ0) is 12.1. The molecule has 1 heteroatoms. The lowest BCUT2D eigenvalue weighted by molar-refractivity contribution is 0.892. The Hall–Kier alpha value is -0.850. The Kier molecular flexibility index (Phi) is 14.5. The van der Waals surface area contributed by atoms with Crippen LogP contribution in [0.4, 0.5) is 0 Å². The van der Waals surface area contributed by atoms with Crippen LogP contribution in [0.3, 0.4) is 0 Å². The first kappa shape index (κ1) is 16.6. The van der Waals surface area contributed by atoms with Crippen LogP contribution in [-0.2, 0) is 12.8 Å². The molecule has 0 saturated carbocycles. The first-order chi connectivity index (χ1) is 7.38. The molecular weight excluding hydrogens is 182 g/mol. The predicted molar refractivity (Wildman–Crippen MR) is 70.3 cm³/mol. The monoisotopic (exact) mass is 209 g/mol. The molecule has 0 aliphatic heterocycles. The number of hydrogen-bond donors (Lipinski definition) is 0. The fraction of sp³-hybridized carbons (Fsp3) is 0.643. The molecule has 0 saturated heterocycles. The molecule has 0 aromatic carbocycles. The standard InChI is InChI=1S/C10H15N.2C2H6/c1-3-5-10-6-7-11-8-9(10)4-2;2*1-2/h6-8H,3-5H2,1-2H3;2*1-2H3. The SMILES string of the molecule is CC.CC.CCCc1ccncc1CC. The lowest BCUT2D eigenvalue weighted by atomic mass is 10.0. The molecule has 0 fully saturated rings. The van der Waals surface area contributed by atoms with E-state index in [0.29, 0.717) is 0 Å². The van der Waals surface area contributed by atoms with Crippen molar-refractivity contribution < 1.29 is 0 Å². The maximum Gasteiger partial charge on any atom is 0.0302 e. The third-order valence-electron chi connectivity index (χ3n) is 1.90. The van der Waals surface area contributed by atoms with Gasteiger partial charge in [0.1, 0.15) is 0 Å². The molecule has 0 atom stereocenters. The van der Waals surface area contributed by atoms with Crippen LogP contribution in [0.5, 0.6) is 0 Å². The number of aryl methyl sites for hydroxylation is 2. The van der Waals surface area contributed by atoms with E-state index in [4.69, 9.17) is 0 Å². The molecule has 1 aromatic rings. The van der Waals surface area contributed by atoms with E-state index in [1.165, 1.54) is 24.0 Å². The highest BCUT2D eigenvalue weighted by Gasteiger charge is 1.97. The zero-order valence-electron chi connectivity index (χ0n) is 11.3. The van der Waals surface area contributed by atoms with Crippen molar-refractivity contribution in [2.75, 3.05) is 0 Å². The van der Waals surface area contributed by atoms with E-state index in [1.807, 2.05) is 40.1 Å². The van der Waals surface area contributed by atoms with Gasteiger partial charge in [0, 0.05) is 12.4 Å². The number of rotatable bonds is 3. The normalized spacial score (nSPS) is 8.13. The van der Waals surface area contributed by atoms with Crippen molar-refractivity contribution in [1.82, 2.24) is 4.98 Å². The van der Waals surface area contributed by atoms with Crippen molar-refractivity contribution in [1.29, 1.82) is 0 Å². The van der Waals surface area contributed by atoms with Gasteiger partial charge in [-0.05, 0) is 30.0 Å². The van der Waals surface area contributed by atoms with Crippen LogP contribution in [0.15, 0.2) is 18.5 Å². The molecule has 0 unspecified atom stereocenters. The first-order valence-electron chi connectivity index (χ1n) is 6.30. The van der Waals surface area contributed by atoms with Crippen LogP contribution in [0.25, 0.3) is 0 Å². The Labute approximate surface area is 95.9 Å². The second-order valence-electron chi connectivity index (χ2n) is 2.75. The minimum Gasteiger partial charge on any atom is -0.264 e. The molecule has 1 rings (SSSR count). The lowest BCUT2D eigenvalue weighted by Crippen LogP contribution is -1.92. The fourth-order valence-corrected chi connectivity index (χ4v) is 1.29. The fourth-order valence-electron chi connectivity index (χ4n) is 1.29. The van der Waals surface area contributed by atoms with Crippen molar-refractivity contribution in [3.63, 3.8) is 0 Å². The van der Waals surface area contributed by atoms with E-state index in [0.717, 1.165) is 6.42 Å². The van der Waals surface area contributed by atoms with E-state index < -0.39 is 0 Å². The topological polar surface area (TPSA) is 12.9 Å². The summed E-state index contributed by atoms with van der Waals surface area (Å²) in [5.41, 5.74) is 2.86. The summed E-state index contributed by atoms with van der Waals surface area (Å²) in [6.07, 6.45) is 7.36. The van der Waals surface area contributed by atoms with Crippen molar-refractivity contribution in [2.24, 2.45) is 0 Å². The number of aromatic nitrogens is 1. The van der Waals surface area contributed by atoms with Crippen molar-refractivity contribution >= 4 is 0 Å². The van der Waals surface area contributed by atoms with Gasteiger partial charge in [-0.1, -0.05) is 48.0 Å². The molecule has 0 aliphatic rings. The second kappa shape index (κ2) is 13.2. The highest BCUT2D eigenvalue weighted by molar-refractivity contribution is 5.22. The molecule has 0 N–H and O–H groups in total. The van der Waals surface area contributed by atoms with Crippen molar-refractivity contribution in [3.8, 4) is 0 Å². The molecule has 0 radical (unpaired) electrons. The van der Waals surface area contributed by atoms with Gasteiger partial charge in [0.25, 0.3) is 0 Å². The summed E-state index contributed by atoms with van der Waals surface area (Å²) in [7, 11) is 0. The number of hydrogen-bond acceptors (Lipinski definition) is 1. The lowest BCUT2D eigenvalue weighted by Gasteiger charge is -2.03. The molecule has 15 heavy (non-hydrogen) atoms. The van der Waals surface area contributed by atoms with Crippen LogP contribution in [0.1, 0.15) is 59.1 Å². The number of pyridine rings is 1. The Morgan fingerprint density at radius 2 is 1.60 bits per heavy atom. The summed E-state index contributed by atoms with van der Waals surface area (Å²) < 4.78 is 0. The van der Waals surface area contributed by atoms with E-state index >= 15 is 0 Å². The van der Waals surface area contributed by atoms with E-state index in [-0.39, 0.29) is 0 Å². The predicted octanol–water partition coefficient (Wildman–Crippen LogP) is 4.65. The maximum absolute atomic E-state index is 4.10. The van der Waals surface area contributed by atoms with E-state index in [1.54, 1.807) is 0 Å². The van der Waals surface area contributed by atoms with E-state index in [9.17, 15) is 0 Å². The average Bonchev–Trinajstić information content (AvgIpc) is 2.35. The Morgan fingerprint density at radius 3 is 2.07 bits per heavy atom. The van der Waals surface area contributed by atoms with Gasteiger partial charge in [-0.15, -0.1) is 0 Å². The minimum atomic E-state index is 1.10. The van der Waals surface area contributed by atoms with Crippen LogP contribution in [0.2, 0.25) is 0 Å². The molecule has 0 bridgehead atoms. The molecular formula is C14H27N. The molecule has 1 heterocycles. The molecule has 0 spiro atoms. The summed E-state index contributed by atoms with van der Waals surface area (Å²) in [6, 6.07) is 2.13. The van der Waals surface area contributed by atoms with Gasteiger partial charge in [0.05, 0.1) is 0 Å². The van der Waals surface area contributed by atoms with Gasteiger partial charge in [-0.3, -0.25) is 4.98 Å². The van der Waals surface area contributed by atoms with Gasteiger partial charge >= 0.3 is 0 Å². The van der Waals surface area contributed by atoms with Crippen LogP contribution in [0, 0.1) is 0 Å². The Morgan fingerprint density at radius 1 is 1.00 bits per heavy atom. The summed E-state index contributed by atoms with van der Waals surface area (Å²) >= 11 is 0. The van der Waals surface area contributed by atoms with Crippen molar-refractivity contribution in [3.05, 3.63) is 29.6 Å². The maximum atomic E-state index is 4.10. The van der Waals surface area contributed by atoms with Gasteiger partial charge in [-0.2, -0.15) is 0 Å². The molecule has 88 valence electrons. The summed E-state index contributed by atoms with van der Waals surface area (Å²) in [4.78, 5) is 4.10. The summed E-state index contributed by atoms with van der Waals surface area (Å²) in [5, 5.41) is 0. The highest BCUT2D eigenvalue weighted by Crippen LogP contribution is 2.09. The van der Waals surface area contributed by atoms with Gasteiger partial charge in [0.2, 0.25) is 0 Å². The quantitative estimate of drug-likeness (QED) is 0.706. The molecule has 1 nitrogen and oxygen atoms in total. The Balaban J connectivity index is 0. The molecule has 0 amide bonds. The van der Waals surface area contributed by atoms with Crippen LogP contribution >= 0.6 is 0 Å². The molecule has 0 aliphatic carbocycles. The Bertz CT molecular complexity index is 218. The summed E-state index contributed by atoms with van der Waals surface area (Å²) in [6.45, 7) is 12.4. The molecule has 1 aromatic heterocycles. The zero-order valence-corrected chi connectivity index (χ0v) is 11.3. The van der Waals surface area contributed by atoms with Gasteiger partial charge in [-0.25, -0.2) is 0 Å². The van der Waals surface area contributed by atoms with Crippen LogP contribution in [-0.4, -0.2) is 4.98 Å². The summed E-state index contributed by atoms with van der Waals surface area (Å²) in [5.74, 6) is 0. The van der Waals surface area contributed by atoms with E-state index in [2.05, 4.69) is 24.9 Å². The highest BCUT2D eigenvalue weighted by atomic mass is 14.6. The first-order valence-corrected chi connectivity index (χ1v) is 6.30. The van der Waals surface area contributed by atoms with Crippen molar-refractivity contribution in [2.45, 2.75) is 60.8 Å².